The van der Waals surface area contributed by atoms with Crippen molar-refractivity contribution in [1.29, 1.82) is 0 Å². The number of methoxy groups -OCH3 is 1. The summed E-state index contributed by atoms with van der Waals surface area (Å²) in [7, 11) is 1.58. The predicted octanol–water partition coefficient (Wildman–Crippen LogP) is 7.01. The molecule has 0 saturated carbocycles. The highest BCUT2D eigenvalue weighted by Crippen LogP contribution is 2.39. The molecule has 1 aliphatic rings. The summed E-state index contributed by atoms with van der Waals surface area (Å²) in [5.74, 6) is 2.15. The minimum atomic E-state index is -0.372. The molecule has 0 radical (unpaired) electrons. The fraction of sp³-hybridized carbons (Fsp3) is 0.0667. The van der Waals surface area contributed by atoms with Crippen molar-refractivity contribution >= 4 is 45.1 Å². The lowest BCUT2D eigenvalue weighted by molar-refractivity contribution is 0.174. The van der Waals surface area contributed by atoms with Gasteiger partial charge in [-0.3, -0.25) is 4.98 Å². The van der Waals surface area contributed by atoms with Crippen LogP contribution in [0.1, 0.15) is 0 Å². The van der Waals surface area contributed by atoms with E-state index in [9.17, 15) is 0 Å². The van der Waals surface area contributed by atoms with Gasteiger partial charge in [-0.1, -0.05) is 36.0 Å². The van der Waals surface area contributed by atoms with Gasteiger partial charge in [0.05, 0.1) is 18.8 Å². The van der Waals surface area contributed by atoms with E-state index in [1.807, 2.05) is 54.6 Å². The van der Waals surface area contributed by atoms with E-state index in [0.717, 1.165) is 21.2 Å². The average Bonchev–Trinajstić information content (AvgIpc) is 3.47. The molecule has 0 bridgehead atoms. The Hall–Kier alpha value is -4.96. The molecule has 0 spiro atoms. The highest BCUT2D eigenvalue weighted by molar-refractivity contribution is 7.99. The fourth-order valence-electron chi connectivity index (χ4n) is 4.55. The zero-order chi connectivity index (χ0) is 27.1. The Morgan fingerprint density at radius 3 is 2.62 bits per heavy atom. The number of nitrogens with one attached hydrogen (secondary N) is 1. The first kappa shape index (κ1) is 24.1. The first-order valence-electron chi connectivity index (χ1n) is 12.3. The molecule has 0 saturated heterocycles. The van der Waals surface area contributed by atoms with E-state index in [2.05, 4.69) is 25.5 Å². The second kappa shape index (κ2) is 9.97. The van der Waals surface area contributed by atoms with E-state index in [-0.39, 0.29) is 12.6 Å². The highest BCUT2D eigenvalue weighted by atomic mass is 32.2. The number of hydrogen-bond acceptors (Lipinski definition) is 9. The van der Waals surface area contributed by atoms with Gasteiger partial charge >= 0.3 is 0 Å². The minimum absolute atomic E-state index is 0.202. The average molecular weight is 550 g/mol. The standard InChI is InChI=1S/C30H20FN5O3S/c1-37-19-14-23-29(33-15-19)27(10-11-32-23)40-26-9-7-18(13-22(26)31)34-30-21-5-3-2-4-20(21)28(35-36-30)17-6-8-24-25(12-17)39-16-38-24/h2-15H,16H2,1H3,(H,34,36). The molecule has 0 unspecified atom stereocenters. The van der Waals surface area contributed by atoms with Crippen LogP contribution < -0.4 is 19.5 Å². The summed E-state index contributed by atoms with van der Waals surface area (Å²) in [5.41, 5.74) is 3.49. The summed E-state index contributed by atoms with van der Waals surface area (Å²) in [5, 5.41) is 14.0. The number of hydrogen-bond donors (Lipinski definition) is 1. The van der Waals surface area contributed by atoms with Crippen LogP contribution in [0.15, 0.2) is 95.0 Å². The Bertz CT molecular complexity index is 1920. The lowest BCUT2D eigenvalue weighted by Gasteiger charge is -2.12. The number of nitrogens with zero attached hydrogens (tertiary/aromatic N) is 4. The number of aromatic nitrogens is 4. The van der Waals surface area contributed by atoms with Gasteiger partial charge in [0.1, 0.15) is 22.8 Å². The van der Waals surface area contributed by atoms with Gasteiger partial charge in [-0.15, -0.1) is 10.2 Å². The molecule has 0 amide bonds. The quantitative estimate of drug-likeness (QED) is 0.235. The van der Waals surface area contributed by atoms with Crippen molar-refractivity contribution in [3.8, 4) is 28.5 Å². The normalized spacial score (nSPS) is 12.2. The molecule has 10 heteroatoms. The van der Waals surface area contributed by atoms with Gasteiger partial charge in [-0.25, -0.2) is 9.37 Å². The third-order valence-corrected chi connectivity index (χ3v) is 7.60. The van der Waals surface area contributed by atoms with Crippen LogP contribution in [0.4, 0.5) is 15.9 Å². The molecule has 6 aromatic rings. The smallest absolute Gasteiger partial charge is 0.231 e. The van der Waals surface area contributed by atoms with Gasteiger partial charge in [-0.05, 0) is 42.5 Å². The van der Waals surface area contributed by atoms with Crippen LogP contribution in [0.25, 0.3) is 33.1 Å². The van der Waals surface area contributed by atoms with Crippen LogP contribution >= 0.6 is 11.8 Å². The Morgan fingerprint density at radius 2 is 1.75 bits per heavy atom. The van der Waals surface area contributed by atoms with Gasteiger partial charge in [0.2, 0.25) is 6.79 Å². The monoisotopic (exact) mass is 549 g/mol. The molecule has 3 aromatic carbocycles. The fourth-order valence-corrected chi connectivity index (χ4v) is 5.46. The third-order valence-electron chi connectivity index (χ3n) is 6.50. The lowest BCUT2D eigenvalue weighted by Crippen LogP contribution is -2.00. The molecule has 196 valence electrons. The summed E-state index contributed by atoms with van der Waals surface area (Å²) in [4.78, 5) is 10.1. The molecule has 0 atom stereocenters. The Balaban J connectivity index is 1.18. The Kier molecular flexibility index (Phi) is 6.01. The number of anilines is 2. The summed E-state index contributed by atoms with van der Waals surface area (Å²) in [6.45, 7) is 0.202. The largest absolute Gasteiger partial charge is 0.495 e. The van der Waals surface area contributed by atoms with Gasteiger partial charge in [-0.2, -0.15) is 0 Å². The van der Waals surface area contributed by atoms with E-state index >= 15 is 4.39 Å². The van der Waals surface area contributed by atoms with Crippen LogP contribution in [-0.2, 0) is 0 Å². The molecule has 40 heavy (non-hydrogen) atoms. The molecule has 1 N–H and O–H groups in total. The van der Waals surface area contributed by atoms with Crippen LogP contribution in [-0.4, -0.2) is 34.1 Å². The van der Waals surface area contributed by atoms with E-state index in [0.29, 0.717) is 50.4 Å². The summed E-state index contributed by atoms with van der Waals surface area (Å²) in [6.07, 6.45) is 3.30. The van der Waals surface area contributed by atoms with E-state index in [4.69, 9.17) is 14.2 Å². The predicted molar refractivity (Wildman–Crippen MR) is 151 cm³/mol. The second-order valence-electron chi connectivity index (χ2n) is 8.94. The highest BCUT2D eigenvalue weighted by Gasteiger charge is 2.18. The van der Waals surface area contributed by atoms with Crippen LogP contribution in [0, 0.1) is 5.82 Å². The SMILES string of the molecule is COc1cnc2c(Sc3ccc(Nc4nnc(-c5ccc6c(c5)OCO6)c5ccccc45)cc3F)ccnc2c1. The topological polar surface area (TPSA) is 91.3 Å². The lowest BCUT2D eigenvalue weighted by atomic mass is 10.0. The number of rotatable bonds is 6. The number of benzene rings is 3. The third kappa shape index (κ3) is 4.38. The molecule has 8 nitrogen and oxygen atoms in total. The van der Waals surface area contributed by atoms with Crippen molar-refractivity contribution < 1.29 is 18.6 Å². The first-order chi connectivity index (χ1) is 19.7. The van der Waals surface area contributed by atoms with Crippen LogP contribution in [0.2, 0.25) is 0 Å². The maximum atomic E-state index is 15.3. The number of pyridine rings is 2. The summed E-state index contributed by atoms with van der Waals surface area (Å²) >= 11 is 1.29. The maximum Gasteiger partial charge on any atom is 0.231 e. The van der Waals surface area contributed by atoms with Gasteiger partial charge < -0.3 is 19.5 Å². The van der Waals surface area contributed by atoms with Gasteiger partial charge in [0, 0.05) is 44.1 Å². The second-order valence-corrected chi connectivity index (χ2v) is 10.0. The molecular formula is C30H20FN5O3S. The van der Waals surface area contributed by atoms with Crippen molar-refractivity contribution in [2.75, 3.05) is 19.2 Å². The zero-order valence-corrected chi connectivity index (χ0v) is 21.9. The molecule has 3 aromatic heterocycles. The van der Waals surface area contributed by atoms with E-state index in [1.54, 1.807) is 31.6 Å². The number of fused-ring (bicyclic) bond motifs is 3. The first-order valence-corrected chi connectivity index (χ1v) is 13.2. The Morgan fingerprint density at radius 1 is 0.875 bits per heavy atom. The minimum Gasteiger partial charge on any atom is -0.495 e. The van der Waals surface area contributed by atoms with E-state index in [1.165, 1.54) is 17.8 Å². The summed E-state index contributed by atoms with van der Waals surface area (Å²) < 4.78 is 31.5. The molecule has 0 fully saturated rings. The zero-order valence-electron chi connectivity index (χ0n) is 21.1. The molecule has 7 rings (SSSR count). The molecule has 0 aliphatic carbocycles. The van der Waals surface area contributed by atoms with E-state index < -0.39 is 0 Å². The molecule has 1 aliphatic heterocycles. The van der Waals surface area contributed by atoms with Crippen molar-refractivity contribution in [2.24, 2.45) is 0 Å². The molecule has 4 heterocycles. The van der Waals surface area contributed by atoms with Crippen LogP contribution in [0.3, 0.4) is 0 Å². The Labute approximate surface area is 232 Å². The van der Waals surface area contributed by atoms with Crippen molar-refractivity contribution in [3.05, 3.63) is 91.0 Å². The number of ether oxygens (including phenoxy) is 3. The van der Waals surface area contributed by atoms with Crippen LogP contribution in [0.5, 0.6) is 17.2 Å². The maximum absolute atomic E-state index is 15.3. The molecular weight excluding hydrogens is 529 g/mol. The summed E-state index contributed by atoms with van der Waals surface area (Å²) in [6, 6.07) is 22.1. The van der Waals surface area contributed by atoms with Gasteiger partial charge in [0.15, 0.2) is 17.3 Å². The number of halogens is 1. The van der Waals surface area contributed by atoms with Crippen molar-refractivity contribution in [3.63, 3.8) is 0 Å². The van der Waals surface area contributed by atoms with Crippen molar-refractivity contribution in [1.82, 2.24) is 20.2 Å². The van der Waals surface area contributed by atoms with Crippen molar-refractivity contribution in [2.45, 2.75) is 9.79 Å². The van der Waals surface area contributed by atoms with Gasteiger partial charge in [0.25, 0.3) is 0 Å².